The summed E-state index contributed by atoms with van der Waals surface area (Å²) in [7, 11) is 0. The minimum Gasteiger partial charge on any atom is -0.361 e. The zero-order valence-corrected chi connectivity index (χ0v) is 18.2. The van der Waals surface area contributed by atoms with E-state index in [0.29, 0.717) is 12.1 Å². The molecule has 164 valence electrons. The van der Waals surface area contributed by atoms with Crippen molar-refractivity contribution in [3.05, 3.63) is 113 Å². The molecule has 0 spiro atoms. The average Bonchev–Trinajstić information content (AvgIpc) is 3.41. The van der Waals surface area contributed by atoms with Gasteiger partial charge in [-0.2, -0.15) is 5.10 Å². The molecule has 2 N–H and O–H groups in total. The van der Waals surface area contributed by atoms with E-state index in [9.17, 15) is 9.59 Å². The van der Waals surface area contributed by atoms with Crippen LogP contribution in [0.4, 0.5) is 5.69 Å². The van der Waals surface area contributed by atoms with E-state index in [1.54, 1.807) is 23.2 Å². The summed E-state index contributed by atoms with van der Waals surface area (Å²) in [6, 6.07) is 26.9. The van der Waals surface area contributed by atoms with Gasteiger partial charge in [-0.1, -0.05) is 54.6 Å². The largest absolute Gasteiger partial charge is 0.361 e. The van der Waals surface area contributed by atoms with E-state index < -0.39 is 0 Å². The van der Waals surface area contributed by atoms with Crippen molar-refractivity contribution >= 4 is 45.4 Å². The molecule has 0 atom stereocenters. The Labute approximate surface area is 195 Å². The van der Waals surface area contributed by atoms with Crippen molar-refractivity contribution in [3.63, 3.8) is 0 Å². The van der Waals surface area contributed by atoms with E-state index >= 15 is 0 Å². The van der Waals surface area contributed by atoms with Gasteiger partial charge in [0.25, 0.3) is 11.8 Å². The van der Waals surface area contributed by atoms with Gasteiger partial charge in [0, 0.05) is 39.2 Å². The molecule has 0 bridgehead atoms. The van der Waals surface area contributed by atoms with E-state index in [1.807, 2.05) is 79.0 Å². The molecule has 0 saturated carbocycles. The third-order valence-electron chi connectivity index (χ3n) is 6.20. The van der Waals surface area contributed by atoms with Crippen molar-refractivity contribution in [3.8, 4) is 0 Å². The van der Waals surface area contributed by atoms with Gasteiger partial charge in [-0.05, 0) is 41.3 Å². The highest BCUT2D eigenvalue weighted by Crippen LogP contribution is 2.37. The fourth-order valence-electron chi connectivity index (χ4n) is 4.51. The first-order valence-corrected chi connectivity index (χ1v) is 11.0. The second-order valence-corrected chi connectivity index (χ2v) is 8.26. The lowest BCUT2D eigenvalue weighted by Crippen LogP contribution is -2.26. The molecule has 1 aromatic heterocycles. The molecule has 0 saturated heterocycles. The lowest BCUT2D eigenvalue weighted by molar-refractivity contribution is 0.0953. The highest BCUT2D eigenvalue weighted by molar-refractivity contribution is 6.24. The fraction of sp³-hybridized carbons (Fsp3) is 0.0357. The van der Waals surface area contributed by atoms with E-state index in [-0.39, 0.29) is 11.8 Å². The molecule has 0 fully saturated rings. The summed E-state index contributed by atoms with van der Waals surface area (Å²) in [6.45, 7) is 0.438. The molecule has 34 heavy (non-hydrogen) atoms. The van der Waals surface area contributed by atoms with Crippen LogP contribution in [0.2, 0.25) is 0 Å². The zero-order chi connectivity index (χ0) is 23.1. The SMILES string of the molecule is O=C(N/N=C/c1c[nH]c2ccccc12)c1ccc(CN2C(=O)c3cccc4cccc2c34)cc1. The molecular formula is C28H20N4O2. The number of anilines is 1. The maximum atomic E-state index is 13.0. The zero-order valence-electron chi connectivity index (χ0n) is 18.2. The summed E-state index contributed by atoms with van der Waals surface area (Å²) in [5.41, 5.74) is 7.59. The minimum atomic E-state index is -0.294. The number of fused-ring (bicyclic) bond motifs is 1. The Hall–Kier alpha value is -4.71. The van der Waals surface area contributed by atoms with Crippen molar-refractivity contribution < 1.29 is 9.59 Å². The first-order chi connectivity index (χ1) is 16.7. The number of nitrogens with one attached hydrogen (secondary N) is 2. The Morgan fingerprint density at radius 3 is 2.59 bits per heavy atom. The Bertz CT molecular complexity index is 1590. The third-order valence-corrected chi connectivity index (χ3v) is 6.20. The number of aromatic amines is 1. The number of amides is 2. The van der Waals surface area contributed by atoms with Crippen molar-refractivity contribution in [2.75, 3.05) is 4.90 Å². The second kappa shape index (κ2) is 8.01. The van der Waals surface area contributed by atoms with Crippen LogP contribution >= 0.6 is 0 Å². The molecule has 0 aliphatic carbocycles. The van der Waals surface area contributed by atoms with Gasteiger partial charge in [-0.15, -0.1) is 0 Å². The molecule has 2 amide bonds. The van der Waals surface area contributed by atoms with Gasteiger partial charge >= 0.3 is 0 Å². The maximum Gasteiger partial charge on any atom is 0.271 e. The second-order valence-electron chi connectivity index (χ2n) is 8.26. The normalized spacial score (nSPS) is 12.8. The Kier molecular flexibility index (Phi) is 4.70. The highest BCUT2D eigenvalue weighted by atomic mass is 16.2. The average molecular weight is 444 g/mol. The van der Waals surface area contributed by atoms with Gasteiger partial charge in [-0.25, -0.2) is 5.43 Å². The van der Waals surface area contributed by atoms with Crippen molar-refractivity contribution in [2.24, 2.45) is 5.10 Å². The number of rotatable bonds is 5. The van der Waals surface area contributed by atoms with Gasteiger partial charge < -0.3 is 9.88 Å². The van der Waals surface area contributed by atoms with Crippen LogP contribution in [-0.2, 0) is 6.54 Å². The number of nitrogens with zero attached hydrogens (tertiary/aromatic N) is 2. The first-order valence-electron chi connectivity index (χ1n) is 11.0. The smallest absolute Gasteiger partial charge is 0.271 e. The number of hydrogen-bond acceptors (Lipinski definition) is 3. The number of aromatic nitrogens is 1. The monoisotopic (exact) mass is 444 g/mol. The summed E-state index contributed by atoms with van der Waals surface area (Å²) in [5, 5.41) is 7.20. The minimum absolute atomic E-state index is 0.000220. The lowest BCUT2D eigenvalue weighted by atomic mass is 10.1. The van der Waals surface area contributed by atoms with Crippen LogP contribution in [0.5, 0.6) is 0 Å². The summed E-state index contributed by atoms with van der Waals surface area (Å²) in [4.78, 5) is 30.5. The van der Waals surface area contributed by atoms with Crippen molar-refractivity contribution in [2.45, 2.75) is 6.54 Å². The van der Waals surface area contributed by atoms with Gasteiger partial charge in [0.05, 0.1) is 18.4 Å². The third kappa shape index (κ3) is 3.33. The maximum absolute atomic E-state index is 13.0. The summed E-state index contributed by atoms with van der Waals surface area (Å²) >= 11 is 0. The molecule has 1 aliphatic heterocycles. The van der Waals surface area contributed by atoms with Crippen LogP contribution in [0.15, 0.2) is 96.2 Å². The van der Waals surface area contributed by atoms with E-state index in [4.69, 9.17) is 0 Å². The highest BCUT2D eigenvalue weighted by Gasteiger charge is 2.29. The number of carbonyl (C=O) groups is 2. The molecule has 4 aromatic carbocycles. The first kappa shape index (κ1) is 19.9. The summed E-state index contributed by atoms with van der Waals surface area (Å²) in [5.74, 6) is -0.294. The Morgan fingerprint density at radius 2 is 1.74 bits per heavy atom. The van der Waals surface area contributed by atoms with Crippen LogP contribution in [0.1, 0.15) is 31.8 Å². The molecule has 6 rings (SSSR count). The summed E-state index contributed by atoms with van der Waals surface area (Å²) in [6.07, 6.45) is 3.48. The number of para-hydroxylation sites is 1. The predicted octanol–water partition coefficient (Wildman–Crippen LogP) is 5.25. The van der Waals surface area contributed by atoms with E-state index in [0.717, 1.165) is 44.1 Å². The quantitative estimate of drug-likeness (QED) is 0.287. The van der Waals surface area contributed by atoms with Gasteiger partial charge in [-0.3, -0.25) is 9.59 Å². The molecular weight excluding hydrogens is 424 g/mol. The van der Waals surface area contributed by atoms with Crippen LogP contribution in [0.25, 0.3) is 21.7 Å². The number of H-pyrrole nitrogens is 1. The van der Waals surface area contributed by atoms with Gasteiger partial charge in [0.15, 0.2) is 0 Å². The topological polar surface area (TPSA) is 77.6 Å². The fourth-order valence-corrected chi connectivity index (χ4v) is 4.51. The summed E-state index contributed by atoms with van der Waals surface area (Å²) < 4.78 is 0. The molecule has 1 aliphatic rings. The molecule has 5 aromatic rings. The standard InChI is InChI=1S/C28H20N4O2/c33-27(31-30-16-21-15-29-24-9-2-1-7-22(21)24)20-13-11-18(12-14-20)17-32-25-10-4-6-19-5-3-8-23(26(19)25)28(32)34/h1-16,29H,17H2,(H,31,33)/b30-16+. The van der Waals surface area contributed by atoms with E-state index in [2.05, 4.69) is 15.5 Å². The lowest BCUT2D eigenvalue weighted by Gasteiger charge is -2.18. The number of carbonyl (C=O) groups excluding carboxylic acids is 2. The number of hydrazone groups is 1. The molecule has 6 heteroatoms. The molecule has 0 unspecified atom stereocenters. The van der Waals surface area contributed by atoms with Gasteiger partial charge in [0.2, 0.25) is 0 Å². The van der Waals surface area contributed by atoms with Crippen molar-refractivity contribution in [1.29, 1.82) is 0 Å². The predicted molar refractivity (Wildman–Crippen MR) is 134 cm³/mol. The Balaban J connectivity index is 1.15. The van der Waals surface area contributed by atoms with E-state index in [1.165, 1.54) is 0 Å². The molecule has 6 nitrogen and oxygen atoms in total. The van der Waals surface area contributed by atoms with Crippen LogP contribution in [0, 0.1) is 0 Å². The van der Waals surface area contributed by atoms with Crippen molar-refractivity contribution in [1.82, 2.24) is 10.4 Å². The van der Waals surface area contributed by atoms with Crippen LogP contribution in [-0.4, -0.2) is 23.0 Å². The van der Waals surface area contributed by atoms with Crippen LogP contribution in [0.3, 0.4) is 0 Å². The van der Waals surface area contributed by atoms with Gasteiger partial charge in [0.1, 0.15) is 0 Å². The number of hydrogen-bond donors (Lipinski definition) is 2. The number of benzene rings is 4. The van der Waals surface area contributed by atoms with Crippen LogP contribution < -0.4 is 10.3 Å². The molecule has 2 heterocycles. The molecule has 0 radical (unpaired) electrons. The Morgan fingerprint density at radius 1 is 0.941 bits per heavy atom.